The van der Waals surface area contributed by atoms with Crippen LogP contribution in [0, 0.1) is 0 Å². The minimum Gasteiger partial charge on any atom is -0.370 e. The highest BCUT2D eigenvalue weighted by molar-refractivity contribution is 5.85. The van der Waals surface area contributed by atoms with Crippen LogP contribution in [0.4, 0.5) is 0 Å². The van der Waals surface area contributed by atoms with Gasteiger partial charge in [-0.25, -0.2) is 0 Å². The molecule has 5 heteroatoms. The first-order valence-electron chi connectivity index (χ1n) is 4.19. The van der Waals surface area contributed by atoms with Crippen LogP contribution in [0.1, 0.15) is 26.7 Å². The van der Waals surface area contributed by atoms with Gasteiger partial charge in [0, 0.05) is 13.0 Å². The summed E-state index contributed by atoms with van der Waals surface area (Å²) < 4.78 is 0. The summed E-state index contributed by atoms with van der Waals surface area (Å²) in [4.78, 5) is 21.5. The first-order chi connectivity index (χ1) is 5.84. The van der Waals surface area contributed by atoms with E-state index in [9.17, 15) is 9.59 Å². The van der Waals surface area contributed by atoms with Gasteiger partial charge in [-0.1, -0.05) is 0 Å². The maximum Gasteiger partial charge on any atom is 0.239 e. The molecule has 0 saturated heterocycles. The quantitative estimate of drug-likeness (QED) is 0.487. The molecule has 0 aliphatic carbocycles. The van der Waals surface area contributed by atoms with E-state index in [-0.39, 0.29) is 18.2 Å². The summed E-state index contributed by atoms with van der Waals surface area (Å²) in [6, 6.07) is 0. The van der Waals surface area contributed by atoms with Crippen LogP contribution in [0.5, 0.6) is 0 Å². The molecular formula is C8H17N3O2. The lowest BCUT2D eigenvalue weighted by atomic mass is 10.1. The van der Waals surface area contributed by atoms with Crippen LogP contribution in [0.25, 0.3) is 0 Å². The summed E-state index contributed by atoms with van der Waals surface area (Å²) in [5, 5.41) is 2.61. The Morgan fingerprint density at radius 1 is 1.38 bits per heavy atom. The summed E-state index contributed by atoms with van der Waals surface area (Å²) in [7, 11) is 0. The molecule has 76 valence electrons. The van der Waals surface area contributed by atoms with E-state index in [2.05, 4.69) is 5.32 Å². The zero-order valence-corrected chi connectivity index (χ0v) is 8.09. The predicted molar refractivity (Wildman–Crippen MR) is 49.7 cm³/mol. The molecular weight excluding hydrogens is 170 g/mol. The molecule has 0 saturated carbocycles. The summed E-state index contributed by atoms with van der Waals surface area (Å²) >= 11 is 0. The highest BCUT2D eigenvalue weighted by atomic mass is 16.2. The fraction of sp³-hybridized carbons (Fsp3) is 0.750. The molecule has 0 aromatic heterocycles. The molecule has 0 atom stereocenters. The van der Waals surface area contributed by atoms with Gasteiger partial charge in [0.1, 0.15) is 0 Å². The standard InChI is InChI=1S/C8H17N3O2/c1-8(2,10)7(13)11-5-3-4-6(9)12/h3-5,10H2,1-2H3,(H2,9,12)(H,11,13). The molecule has 0 aromatic rings. The molecule has 0 unspecified atom stereocenters. The lowest BCUT2D eigenvalue weighted by Gasteiger charge is -2.17. The first-order valence-corrected chi connectivity index (χ1v) is 4.19. The average molecular weight is 187 g/mol. The van der Waals surface area contributed by atoms with E-state index in [0.29, 0.717) is 13.0 Å². The summed E-state index contributed by atoms with van der Waals surface area (Å²) in [6.45, 7) is 3.68. The highest BCUT2D eigenvalue weighted by Crippen LogP contribution is 1.95. The van der Waals surface area contributed by atoms with Crippen LogP contribution in [-0.2, 0) is 9.59 Å². The van der Waals surface area contributed by atoms with E-state index in [0.717, 1.165) is 0 Å². The fourth-order valence-corrected chi connectivity index (χ4v) is 0.692. The van der Waals surface area contributed by atoms with Crippen molar-refractivity contribution >= 4 is 11.8 Å². The molecule has 5 nitrogen and oxygen atoms in total. The topological polar surface area (TPSA) is 98.2 Å². The number of carbonyl (C=O) groups is 2. The van der Waals surface area contributed by atoms with E-state index in [4.69, 9.17) is 11.5 Å². The Bertz CT molecular complexity index is 196. The van der Waals surface area contributed by atoms with Gasteiger partial charge in [-0.15, -0.1) is 0 Å². The van der Waals surface area contributed by atoms with Crippen molar-refractivity contribution in [3.05, 3.63) is 0 Å². The third-order valence-corrected chi connectivity index (χ3v) is 1.47. The van der Waals surface area contributed by atoms with Gasteiger partial charge in [-0.05, 0) is 20.3 Å². The minimum atomic E-state index is -0.868. The smallest absolute Gasteiger partial charge is 0.239 e. The highest BCUT2D eigenvalue weighted by Gasteiger charge is 2.20. The largest absolute Gasteiger partial charge is 0.370 e. The molecule has 2 amide bonds. The number of primary amides is 1. The number of hydrogen-bond donors (Lipinski definition) is 3. The van der Waals surface area contributed by atoms with Gasteiger partial charge >= 0.3 is 0 Å². The second kappa shape index (κ2) is 4.81. The molecule has 0 bridgehead atoms. The molecule has 0 rings (SSSR count). The number of amides is 2. The lowest BCUT2D eigenvalue weighted by Crippen LogP contribution is -2.49. The van der Waals surface area contributed by atoms with Gasteiger partial charge in [0.05, 0.1) is 5.54 Å². The number of nitrogens with two attached hydrogens (primary N) is 2. The number of nitrogens with one attached hydrogen (secondary N) is 1. The van der Waals surface area contributed by atoms with Crippen molar-refractivity contribution in [2.24, 2.45) is 11.5 Å². The van der Waals surface area contributed by atoms with Gasteiger partial charge in [0.25, 0.3) is 0 Å². The molecule has 0 spiro atoms. The van der Waals surface area contributed by atoms with Crippen LogP contribution in [0.2, 0.25) is 0 Å². The molecule has 5 N–H and O–H groups in total. The zero-order valence-electron chi connectivity index (χ0n) is 8.09. The lowest BCUT2D eigenvalue weighted by molar-refractivity contribution is -0.125. The van der Waals surface area contributed by atoms with Crippen LogP contribution < -0.4 is 16.8 Å². The molecule has 0 aromatic carbocycles. The monoisotopic (exact) mass is 187 g/mol. The molecule has 13 heavy (non-hydrogen) atoms. The fourth-order valence-electron chi connectivity index (χ4n) is 0.692. The van der Waals surface area contributed by atoms with Gasteiger partial charge in [0.2, 0.25) is 11.8 Å². The number of hydrogen-bond acceptors (Lipinski definition) is 3. The summed E-state index contributed by atoms with van der Waals surface area (Å²) in [5.74, 6) is -0.585. The van der Waals surface area contributed by atoms with E-state index < -0.39 is 5.54 Å². The molecule has 0 heterocycles. The summed E-state index contributed by atoms with van der Waals surface area (Å²) in [6.07, 6.45) is 0.836. The second-order valence-corrected chi connectivity index (χ2v) is 3.55. The van der Waals surface area contributed by atoms with Gasteiger partial charge in [-0.2, -0.15) is 0 Å². The van der Waals surface area contributed by atoms with E-state index in [1.165, 1.54) is 0 Å². The molecule has 0 aliphatic heterocycles. The van der Waals surface area contributed by atoms with Crippen molar-refractivity contribution in [2.45, 2.75) is 32.2 Å². The van der Waals surface area contributed by atoms with E-state index in [1.54, 1.807) is 13.8 Å². The molecule has 0 fully saturated rings. The maximum absolute atomic E-state index is 11.2. The SMILES string of the molecule is CC(C)(N)C(=O)NCCCC(N)=O. The van der Waals surface area contributed by atoms with Crippen molar-refractivity contribution < 1.29 is 9.59 Å². The Morgan fingerprint density at radius 2 is 1.92 bits per heavy atom. The van der Waals surface area contributed by atoms with Gasteiger partial charge in [0.15, 0.2) is 0 Å². The third kappa shape index (κ3) is 6.10. The Labute approximate surface area is 77.8 Å². The van der Waals surface area contributed by atoms with Crippen LogP contribution in [0.15, 0.2) is 0 Å². The third-order valence-electron chi connectivity index (χ3n) is 1.47. The van der Waals surface area contributed by atoms with Crippen LogP contribution in [0.3, 0.4) is 0 Å². The van der Waals surface area contributed by atoms with Gasteiger partial charge in [-0.3, -0.25) is 9.59 Å². The summed E-state index contributed by atoms with van der Waals surface area (Å²) in [5.41, 5.74) is 9.57. The minimum absolute atomic E-state index is 0.225. The van der Waals surface area contributed by atoms with Gasteiger partial charge < -0.3 is 16.8 Å². The number of carbonyl (C=O) groups excluding carboxylic acids is 2. The number of rotatable bonds is 5. The van der Waals surface area contributed by atoms with Crippen molar-refractivity contribution in [3.8, 4) is 0 Å². The maximum atomic E-state index is 11.2. The Balaban J connectivity index is 3.55. The Kier molecular flexibility index (Phi) is 4.40. The van der Waals surface area contributed by atoms with Crippen LogP contribution in [-0.4, -0.2) is 23.9 Å². The van der Waals surface area contributed by atoms with Crippen molar-refractivity contribution in [2.75, 3.05) is 6.54 Å². The van der Waals surface area contributed by atoms with E-state index in [1.807, 2.05) is 0 Å². The molecule has 0 aliphatic rings. The zero-order chi connectivity index (χ0) is 10.5. The molecule has 0 radical (unpaired) electrons. The normalized spacial score (nSPS) is 11.0. The van der Waals surface area contributed by atoms with Crippen molar-refractivity contribution in [1.29, 1.82) is 0 Å². The van der Waals surface area contributed by atoms with Crippen molar-refractivity contribution in [1.82, 2.24) is 5.32 Å². The Hall–Kier alpha value is -1.10. The van der Waals surface area contributed by atoms with E-state index >= 15 is 0 Å². The van der Waals surface area contributed by atoms with Crippen molar-refractivity contribution in [3.63, 3.8) is 0 Å². The second-order valence-electron chi connectivity index (χ2n) is 3.55. The average Bonchev–Trinajstić information content (AvgIpc) is 1.95. The first kappa shape index (κ1) is 11.9. The Morgan fingerprint density at radius 3 is 2.31 bits per heavy atom. The van der Waals surface area contributed by atoms with Crippen LogP contribution >= 0.6 is 0 Å². The predicted octanol–water partition coefficient (Wildman–Crippen LogP) is -0.895.